The number of hydrogen-bond donors (Lipinski definition) is 1. The smallest absolute Gasteiger partial charge is 0.407 e. The fraction of sp³-hybridized carbons (Fsp3) is 0.636. The van der Waals surface area contributed by atoms with Crippen molar-refractivity contribution in [3.05, 3.63) is 42.1 Å². The molecule has 1 aromatic carbocycles. The van der Waals surface area contributed by atoms with Crippen molar-refractivity contribution in [3.63, 3.8) is 0 Å². The summed E-state index contributed by atoms with van der Waals surface area (Å²) in [7, 11) is 1.69. The lowest BCUT2D eigenvalue weighted by atomic mass is 9.72. The van der Waals surface area contributed by atoms with Crippen LogP contribution >= 0.6 is 0 Å². The Kier molecular flexibility index (Phi) is 9.07. The molecule has 0 atom stereocenters. The number of anilines is 1. The molecule has 2 amide bonds. The number of nitrogens with zero attached hydrogens (tertiary/aromatic N) is 6. The van der Waals surface area contributed by atoms with E-state index >= 15 is 0 Å². The molecule has 2 saturated heterocycles. The van der Waals surface area contributed by atoms with E-state index < -0.39 is 11.9 Å². The zero-order chi connectivity index (χ0) is 31.8. The van der Waals surface area contributed by atoms with Crippen molar-refractivity contribution in [1.29, 1.82) is 0 Å². The topological polar surface area (TPSA) is 102 Å². The monoisotopic (exact) mass is 610 g/mol. The summed E-state index contributed by atoms with van der Waals surface area (Å²) in [5.74, 6) is 1.22. The number of likely N-dealkylation sites (tertiary alicyclic amines) is 1. The Morgan fingerprint density at radius 2 is 1.80 bits per heavy atom. The molecular formula is C33H47FN6O4. The fourth-order valence-electron chi connectivity index (χ4n) is 7.14. The van der Waals surface area contributed by atoms with E-state index in [1.165, 1.54) is 24.5 Å². The third kappa shape index (κ3) is 6.77. The lowest BCUT2D eigenvalue weighted by Crippen LogP contribution is -2.72. The highest BCUT2D eigenvalue weighted by atomic mass is 19.1. The Labute approximate surface area is 260 Å². The normalized spacial score (nSPS) is 21.5. The van der Waals surface area contributed by atoms with Crippen molar-refractivity contribution < 1.29 is 23.8 Å². The number of rotatable bonds is 9. The van der Waals surface area contributed by atoms with Crippen LogP contribution in [-0.4, -0.2) is 99.2 Å². The van der Waals surface area contributed by atoms with E-state index in [1.807, 2.05) is 34.6 Å². The second-order valence-corrected chi connectivity index (χ2v) is 14.3. The molecule has 0 radical (unpaired) electrons. The van der Waals surface area contributed by atoms with Crippen LogP contribution in [0.1, 0.15) is 77.1 Å². The highest BCUT2D eigenvalue weighted by molar-refractivity contribution is 5.97. The minimum Gasteiger partial charge on any atom is -0.465 e. The largest absolute Gasteiger partial charge is 0.465 e. The Hall–Kier alpha value is -3.47. The van der Waals surface area contributed by atoms with E-state index in [1.54, 1.807) is 23.0 Å². The van der Waals surface area contributed by atoms with Crippen LogP contribution in [0.4, 0.5) is 15.0 Å². The summed E-state index contributed by atoms with van der Waals surface area (Å²) in [5, 5.41) is 9.74. The van der Waals surface area contributed by atoms with Gasteiger partial charge >= 0.3 is 6.09 Å². The predicted molar refractivity (Wildman–Crippen MR) is 167 cm³/mol. The van der Waals surface area contributed by atoms with Crippen LogP contribution in [-0.2, 0) is 0 Å². The first-order chi connectivity index (χ1) is 20.8. The van der Waals surface area contributed by atoms with Crippen LogP contribution in [0.2, 0.25) is 0 Å². The summed E-state index contributed by atoms with van der Waals surface area (Å²) < 4.78 is 20.3. The lowest BCUT2D eigenvalue weighted by molar-refractivity contribution is -0.0266. The van der Waals surface area contributed by atoms with Crippen LogP contribution in [0, 0.1) is 17.2 Å². The number of hydrogen-bond acceptors (Lipinski definition) is 7. The molecule has 11 heteroatoms. The molecule has 1 aliphatic carbocycles. The Morgan fingerprint density at radius 3 is 2.41 bits per heavy atom. The molecule has 1 aromatic heterocycles. The van der Waals surface area contributed by atoms with Gasteiger partial charge in [-0.2, -0.15) is 0 Å². The van der Waals surface area contributed by atoms with Gasteiger partial charge in [0.1, 0.15) is 17.9 Å². The van der Waals surface area contributed by atoms with E-state index in [4.69, 9.17) is 4.74 Å². The van der Waals surface area contributed by atoms with E-state index in [2.05, 4.69) is 19.8 Å². The summed E-state index contributed by atoms with van der Waals surface area (Å²) in [6.07, 6.45) is 7.49. The van der Waals surface area contributed by atoms with Gasteiger partial charge < -0.3 is 29.4 Å². The minimum atomic E-state index is -0.813. The summed E-state index contributed by atoms with van der Waals surface area (Å²) in [6.45, 7) is 14.6. The number of ether oxygens (including phenoxy) is 1. The minimum absolute atomic E-state index is 0.0493. The number of amides is 2. The maximum absolute atomic E-state index is 14.1. The van der Waals surface area contributed by atoms with Crippen molar-refractivity contribution >= 4 is 17.8 Å². The molecular weight excluding hydrogens is 563 g/mol. The second kappa shape index (κ2) is 12.5. The van der Waals surface area contributed by atoms with Crippen LogP contribution in [0.15, 0.2) is 30.7 Å². The van der Waals surface area contributed by atoms with E-state index in [0.29, 0.717) is 17.5 Å². The number of halogens is 1. The standard InChI is InChI=1S/C33H47FN6O4/c1-22(2)37(6)30(41)26-15-24(34)9-12-27(26)44-28-16-35-21-36-29(28)39-19-33(20-39)17-38(18-33)14-13-23-7-10-25(11-8-23)40(31(42)43)32(3,4)5/h9,12,15-16,21-23,25H,7-8,10-11,13-14,17-20H2,1-6H3,(H,42,43)/t23-,25-. The van der Waals surface area contributed by atoms with Gasteiger partial charge in [-0.05, 0) is 97.4 Å². The molecule has 0 bridgehead atoms. The van der Waals surface area contributed by atoms with Crippen molar-refractivity contribution in [2.75, 3.05) is 44.7 Å². The van der Waals surface area contributed by atoms with Crippen LogP contribution in [0.5, 0.6) is 11.5 Å². The molecule has 44 heavy (non-hydrogen) atoms. The zero-order valence-electron chi connectivity index (χ0n) is 26.9. The molecule has 2 aliphatic heterocycles. The first-order valence-electron chi connectivity index (χ1n) is 15.8. The average molecular weight is 611 g/mol. The van der Waals surface area contributed by atoms with E-state index in [0.717, 1.165) is 64.8 Å². The number of carbonyl (C=O) groups excluding carboxylic acids is 1. The molecule has 3 fully saturated rings. The number of carboxylic acid groups (broad SMARTS) is 1. The quantitative estimate of drug-likeness (QED) is 0.384. The Bertz CT molecular complexity index is 1340. The van der Waals surface area contributed by atoms with Gasteiger partial charge in [0.25, 0.3) is 5.91 Å². The molecule has 1 N–H and O–H groups in total. The zero-order valence-corrected chi connectivity index (χ0v) is 26.9. The Balaban J connectivity index is 1.12. The molecule has 2 aromatic rings. The predicted octanol–water partition coefficient (Wildman–Crippen LogP) is 5.74. The highest BCUT2D eigenvalue weighted by Crippen LogP contribution is 2.45. The van der Waals surface area contributed by atoms with Gasteiger partial charge in [-0.1, -0.05) is 0 Å². The third-order valence-corrected chi connectivity index (χ3v) is 9.58. The summed E-state index contributed by atoms with van der Waals surface area (Å²) in [5.41, 5.74) is 0.0245. The van der Waals surface area contributed by atoms with Crippen molar-refractivity contribution in [3.8, 4) is 11.5 Å². The molecule has 0 unspecified atom stereocenters. The van der Waals surface area contributed by atoms with Crippen LogP contribution in [0.25, 0.3) is 0 Å². The first-order valence-corrected chi connectivity index (χ1v) is 15.8. The number of benzene rings is 1. The molecule has 3 heterocycles. The van der Waals surface area contributed by atoms with Gasteiger partial charge in [0.2, 0.25) is 0 Å². The molecule has 10 nitrogen and oxygen atoms in total. The van der Waals surface area contributed by atoms with Crippen molar-refractivity contribution in [2.45, 2.75) is 84.3 Å². The summed E-state index contributed by atoms with van der Waals surface area (Å²) >= 11 is 0. The van der Waals surface area contributed by atoms with E-state index in [9.17, 15) is 19.1 Å². The van der Waals surface area contributed by atoms with Crippen LogP contribution < -0.4 is 9.64 Å². The number of aromatic nitrogens is 2. The van der Waals surface area contributed by atoms with Gasteiger partial charge in [-0.25, -0.2) is 19.2 Å². The summed E-state index contributed by atoms with van der Waals surface area (Å²) in [6, 6.07) is 4.04. The molecule has 5 rings (SSSR count). The third-order valence-electron chi connectivity index (χ3n) is 9.58. The molecule has 3 aliphatic rings. The van der Waals surface area contributed by atoms with Crippen LogP contribution in [0.3, 0.4) is 0 Å². The highest BCUT2D eigenvalue weighted by Gasteiger charge is 2.52. The SMILES string of the molecule is CC(C)N(C)C(=O)c1cc(F)ccc1Oc1cncnc1N1CC2(CN(CC[C@H]3CC[C@H](N(C(=O)O)C(C)(C)C)CC3)C2)C1. The molecule has 240 valence electrons. The fourth-order valence-corrected chi connectivity index (χ4v) is 7.14. The average Bonchev–Trinajstić information content (AvgIpc) is 2.92. The van der Waals surface area contributed by atoms with Gasteiger partial charge in [-0.15, -0.1) is 0 Å². The number of carbonyl (C=O) groups is 2. The maximum atomic E-state index is 14.1. The van der Waals surface area contributed by atoms with Crippen molar-refractivity contribution in [1.82, 2.24) is 24.7 Å². The van der Waals surface area contributed by atoms with Crippen molar-refractivity contribution in [2.24, 2.45) is 11.3 Å². The summed E-state index contributed by atoms with van der Waals surface area (Å²) in [4.78, 5) is 41.5. The maximum Gasteiger partial charge on any atom is 0.407 e. The lowest BCUT2D eigenvalue weighted by Gasteiger charge is -2.61. The first kappa shape index (κ1) is 31.9. The second-order valence-electron chi connectivity index (χ2n) is 14.3. The van der Waals surface area contributed by atoms with Gasteiger partial charge in [0.15, 0.2) is 11.6 Å². The molecule has 1 spiro atoms. The van der Waals surface area contributed by atoms with E-state index in [-0.39, 0.29) is 40.3 Å². The van der Waals surface area contributed by atoms with Gasteiger partial charge in [0.05, 0.1) is 11.8 Å². The van der Waals surface area contributed by atoms with Gasteiger partial charge in [-0.3, -0.25) is 4.79 Å². The Morgan fingerprint density at radius 1 is 1.11 bits per heavy atom. The van der Waals surface area contributed by atoms with Gasteiger partial charge in [0, 0.05) is 56.3 Å². The molecule has 1 saturated carbocycles.